The predicted molar refractivity (Wildman–Crippen MR) is 83.3 cm³/mol. The third kappa shape index (κ3) is 3.64. The van der Waals surface area contributed by atoms with Gasteiger partial charge in [0.1, 0.15) is 5.25 Å². The summed E-state index contributed by atoms with van der Waals surface area (Å²) in [6, 6.07) is 15.8. The summed E-state index contributed by atoms with van der Waals surface area (Å²) >= 11 is 1.41. The summed E-state index contributed by atoms with van der Waals surface area (Å²) < 4.78 is 0. The van der Waals surface area contributed by atoms with E-state index in [1.54, 1.807) is 0 Å². The van der Waals surface area contributed by atoms with Gasteiger partial charge in [0.2, 0.25) is 0 Å². The fourth-order valence-corrected chi connectivity index (χ4v) is 3.08. The van der Waals surface area contributed by atoms with Crippen LogP contribution in [0, 0.1) is 13.8 Å². The molecule has 0 fully saturated rings. The Morgan fingerprint density at radius 3 is 2.45 bits per heavy atom. The quantitative estimate of drug-likeness (QED) is 0.841. The summed E-state index contributed by atoms with van der Waals surface area (Å²) in [6.45, 7) is 4.11. The highest BCUT2D eigenvalue weighted by Crippen LogP contribution is 2.27. The topological polar surface area (TPSA) is 37.3 Å². The lowest BCUT2D eigenvalue weighted by atomic mass is 10.00. The molecule has 3 heteroatoms. The van der Waals surface area contributed by atoms with Crippen molar-refractivity contribution in [1.29, 1.82) is 0 Å². The minimum atomic E-state index is -0.764. The predicted octanol–water partition coefficient (Wildman–Crippen LogP) is 4.09. The molecule has 0 bridgehead atoms. The number of carbonyl (C=O) groups is 1. The number of aryl methyl sites for hydroxylation is 1. The van der Waals surface area contributed by atoms with E-state index in [4.69, 9.17) is 0 Å². The highest BCUT2D eigenvalue weighted by molar-refractivity contribution is 8.00. The number of rotatable bonds is 5. The van der Waals surface area contributed by atoms with E-state index in [0.29, 0.717) is 6.42 Å². The van der Waals surface area contributed by atoms with Gasteiger partial charge >= 0.3 is 5.97 Å². The summed E-state index contributed by atoms with van der Waals surface area (Å²) in [6.07, 6.45) is 0.544. The molecule has 20 heavy (non-hydrogen) atoms. The van der Waals surface area contributed by atoms with Crippen LogP contribution < -0.4 is 0 Å². The van der Waals surface area contributed by atoms with Crippen LogP contribution in [-0.2, 0) is 11.2 Å². The molecular weight excluding hydrogens is 268 g/mol. The molecule has 0 saturated heterocycles. The summed E-state index contributed by atoms with van der Waals surface area (Å²) in [5, 5.41) is 8.97. The molecule has 0 aliphatic heterocycles. The van der Waals surface area contributed by atoms with Gasteiger partial charge in [0.05, 0.1) is 0 Å². The van der Waals surface area contributed by atoms with Gasteiger partial charge in [0, 0.05) is 4.90 Å². The third-order valence-electron chi connectivity index (χ3n) is 3.42. The molecule has 0 amide bonds. The SMILES string of the molecule is Cc1cccc(C[C@H](Sc2ccccc2)C(=O)O)c1C. The van der Waals surface area contributed by atoms with Crippen molar-refractivity contribution in [3.05, 3.63) is 65.2 Å². The Hall–Kier alpha value is -1.74. The lowest BCUT2D eigenvalue weighted by molar-refractivity contribution is -0.136. The summed E-state index contributed by atoms with van der Waals surface area (Å²) in [5.41, 5.74) is 3.50. The molecule has 0 heterocycles. The van der Waals surface area contributed by atoms with Crippen molar-refractivity contribution in [2.24, 2.45) is 0 Å². The monoisotopic (exact) mass is 286 g/mol. The molecule has 2 aromatic carbocycles. The molecule has 0 unspecified atom stereocenters. The van der Waals surface area contributed by atoms with Crippen molar-refractivity contribution in [1.82, 2.24) is 0 Å². The third-order valence-corrected chi connectivity index (χ3v) is 4.62. The first kappa shape index (κ1) is 14.7. The fraction of sp³-hybridized carbons (Fsp3) is 0.235. The van der Waals surface area contributed by atoms with Crippen molar-refractivity contribution >= 4 is 17.7 Å². The van der Waals surface area contributed by atoms with Crippen molar-refractivity contribution in [3.63, 3.8) is 0 Å². The molecule has 0 radical (unpaired) electrons. The Labute approximate surface area is 123 Å². The van der Waals surface area contributed by atoms with Gasteiger partial charge in [-0.15, -0.1) is 11.8 Å². The average molecular weight is 286 g/mol. The zero-order chi connectivity index (χ0) is 14.5. The summed E-state index contributed by atoms with van der Waals surface area (Å²) in [7, 11) is 0. The minimum absolute atomic E-state index is 0.460. The van der Waals surface area contributed by atoms with Crippen LogP contribution >= 0.6 is 11.8 Å². The first-order chi connectivity index (χ1) is 9.58. The minimum Gasteiger partial charge on any atom is -0.480 e. The maximum atomic E-state index is 11.5. The average Bonchev–Trinajstić information content (AvgIpc) is 2.44. The van der Waals surface area contributed by atoms with Gasteiger partial charge in [0.25, 0.3) is 0 Å². The highest BCUT2D eigenvalue weighted by atomic mass is 32.2. The van der Waals surface area contributed by atoms with Crippen LogP contribution in [0.5, 0.6) is 0 Å². The lowest BCUT2D eigenvalue weighted by Gasteiger charge is -2.15. The number of carboxylic acids is 1. The van der Waals surface area contributed by atoms with Crippen LogP contribution in [-0.4, -0.2) is 16.3 Å². The highest BCUT2D eigenvalue weighted by Gasteiger charge is 2.20. The van der Waals surface area contributed by atoms with Gasteiger partial charge in [-0.1, -0.05) is 36.4 Å². The first-order valence-electron chi connectivity index (χ1n) is 6.57. The fourth-order valence-electron chi connectivity index (χ4n) is 2.08. The molecule has 0 aliphatic rings. The molecule has 0 spiro atoms. The van der Waals surface area contributed by atoms with Crippen molar-refractivity contribution in [3.8, 4) is 0 Å². The number of carboxylic acid groups (broad SMARTS) is 1. The molecule has 0 aromatic heterocycles. The van der Waals surface area contributed by atoms with E-state index in [1.807, 2.05) is 42.5 Å². The molecule has 2 rings (SSSR count). The van der Waals surface area contributed by atoms with Crippen LogP contribution in [0.4, 0.5) is 0 Å². The maximum absolute atomic E-state index is 11.5. The normalized spacial score (nSPS) is 12.1. The van der Waals surface area contributed by atoms with Gasteiger partial charge < -0.3 is 5.11 Å². The van der Waals surface area contributed by atoms with Crippen molar-refractivity contribution in [2.45, 2.75) is 30.4 Å². The second-order valence-corrected chi connectivity index (χ2v) is 6.10. The van der Waals surface area contributed by atoms with Gasteiger partial charge in [-0.05, 0) is 49.1 Å². The number of thioether (sulfide) groups is 1. The summed E-state index contributed by atoms with van der Waals surface area (Å²) in [5.74, 6) is -0.764. The second-order valence-electron chi connectivity index (χ2n) is 4.82. The maximum Gasteiger partial charge on any atom is 0.317 e. The smallest absolute Gasteiger partial charge is 0.317 e. The van der Waals surface area contributed by atoms with Gasteiger partial charge in [-0.3, -0.25) is 4.79 Å². The molecule has 2 aromatic rings. The van der Waals surface area contributed by atoms with Gasteiger partial charge in [0.15, 0.2) is 0 Å². The molecule has 0 saturated carbocycles. The molecule has 1 N–H and O–H groups in total. The van der Waals surface area contributed by atoms with E-state index >= 15 is 0 Å². The van der Waals surface area contributed by atoms with Gasteiger partial charge in [-0.2, -0.15) is 0 Å². The molecule has 1 atom stereocenters. The Balaban J connectivity index is 2.18. The van der Waals surface area contributed by atoms with Crippen LogP contribution in [0.15, 0.2) is 53.4 Å². The van der Waals surface area contributed by atoms with E-state index in [9.17, 15) is 9.90 Å². The molecular formula is C17H18O2S. The van der Waals surface area contributed by atoms with E-state index in [-0.39, 0.29) is 0 Å². The number of hydrogen-bond donors (Lipinski definition) is 1. The number of hydrogen-bond acceptors (Lipinski definition) is 2. The lowest BCUT2D eigenvalue weighted by Crippen LogP contribution is -2.19. The van der Waals surface area contributed by atoms with Crippen LogP contribution in [0.2, 0.25) is 0 Å². The van der Waals surface area contributed by atoms with E-state index in [0.717, 1.165) is 10.5 Å². The van der Waals surface area contributed by atoms with E-state index in [2.05, 4.69) is 19.9 Å². The van der Waals surface area contributed by atoms with Crippen LogP contribution in [0.25, 0.3) is 0 Å². The summed E-state index contributed by atoms with van der Waals surface area (Å²) in [4.78, 5) is 12.5. The molecule has 104 valence electrons. The van der Waals surface area contributed by atoms with Crippen LogP contribution in [0.3, 0.4) is 0 Å². The zero-order valence-corrected chi connectivity index (χ0v) is 12.5. The Morgan fingerprint density at radius 2 is 1.80 bits per heavy atom. The Kier molecular flexibility index (Phi) is 4.85. The Morgan fingerprint density at radius 1 is 1.10 bits per heavy atom. The standard InChI is InChI=1S/C17H18O2S/c1-12-7-6-8-14(13(12)2)11-16(17(18)19)20-15-9-4-3-5-10-15/h3-10,16H,11H2,1-2H3,(H,18,19)/t16-/m0/s1. The largest absolute Gasteiger partial charge is 0.480 e. The van der Waals surface area contributed by atoms with Crippen molar-refractivity contribution < 1.29 is 9.90 Å². The number of benzene rings is 2. The number of aliphatic carboxylic acids is 1. The second kappa shape index (κ2) is 6.62. The van der Waals surface area contributed by atoms with E-state index < -0.39 is 11.2 Å². The van der Waals surface area contributed by atoms with E-state index in [1.165, 1.54) is 22.9 Å². The molecule has 0 aliphatic carbocycles. The zero-order valence-electron chi connectivity index (χ0n) is 11.7. The molecule has 2 nitrogen and oxygen atoms in total. The van der Waals surface area contributed by atoms with Crippen LogP contribution in [0.1, 0.15) is 16.7 Å². The van der Waals surface area contributed by atoms with Gasteiger partial charge in [-0.25, -0.2) is 0 Å². The van der Waals surface area contributed by atoms with Crippen molar-refractivity contribution in [2.75, 3.05) is 0 Å². The first-order valence-corrected chi connectivity index (χ1v) is 7.45. The Bertz CT molecular complexity index is 593.